The highest BCUT2D eigenvalue weighted by Gasteiger charge is 2.14. The van der Waals surface area contributed by atoms with Crippen LogP contribution in [0.1, 0.15) is 17.0 Å². The lowest BCUT2D eigenvalue weighted by Gasteiger charge is -2.26. The molecular weight excluding hydrogens is 178 g/mol. The Morgan fingerprint density at radius 2 is 2.07 bits per heavy atom. The molecule has 0 amide bonds. The fourth-order valence-electron chi connectivity index (χ4n) is 1.79. The zero-order valence-electron chi connectivity index (χ0n) is 8.84. The van der Waals surface area contributed by atoms with Gasteiger partial charge in [-0.2, -0.15) is 5.10 Å². The van der Waals surface area contributed by atoms with E-state index in [1.807, 2.05) is 0 Å². The molecule has 2 heterocycles. The average Bonchev–Trinajstić information content (AvgIpc) is 2.51. The van der Waals surface area contributed by atoms with Gasteiger partial charge in [0.25, 0.3) is 0 Å². The van der Waals surface area contributed by atoms with E-state index in [1.165, 1.54) is 11.3 Å². The summed E-state index contributed by atoms with van der Waals surface area (Å²) in [4.78, 5) is 2.41. The van der Waals surface area contributed by atoms with Crippen molar-refractivity contribution in [3.05, 3.63) is 17.0 Å². The van der Waals surface area contributed by atoms with Crippen molar-refractivity contribution < 1.29 is 4.74 Å². The Morgan fingerprint density at radius 3 is 2.64 bits per heavy atom. The fourth-order valence-corrected chi connectivity index (χ4v) is 1.79. The molecule has 0 spiro atoms. The molecular formula is C10H17N3O. The molecule has 14 heavy (non-hydrogen) atoms. The van der Waals surface area contributed by atoms with Crippen molar-refractivity contribution in [1.29, 1.82) is 0 Å². The largest absolute Gasteiger partial charge is 0.379 e. The highest BCUT2D eigenvalue weighted by molar-refractivity contribution is 5.22. The Morgan fingerprint density at radius 1 is 1.36 bits per heavy atom. The predicted molar refractivity (Wildman–Crippen MR) is 54.2 cm³/mol. The van der Waals surface area contributed by atoms with Gasteiger partial charge in [-0.05, 0) is 13.8 Å². The van der Waals surface area contributed by atoms with Crippen LogP contribution in [0.4, 0.5) is 0 Å². The van der Waals surface area contributed by atoms with Gasteiger partial charge in [0.1, 0.15) is 0 Å². The van der Waals surface area contributed by atoms with Crippen molar-refractivity contribution in [2.24, 2.45) is 0 Å². The van der Waals surface area contributed by atoms with E-state index in [9.17, 15) is 0 Å². The number of nitrogens with zero attached hydrogens (tertiary/aromatic N) is 2. The fraction of sp³-hybridized carbons (Fsp3) is 0.700. The van der Waals surface area contributed by atoms with Crippen molar-refractivity contribution in [1.82, 2.24) is 15.1 Å². The zero-order chi connectivity index (χ0) is 9.97. The summed E-state index contributed by atoms with van der Waals surface area (Å²) in [6.07, 6.45) is 0. The summed E-state index contributed by atoms with van der Waals surface area (Å²) in [5, 5.41) is 7.22. The zero-order valence-corrected chi connectivity index (χ0v) is 8.84. The Labute approximate surface area is 84.3 Å². The first-order valence-corrected chi connectivity index (χ1v) is 5.08. The number of hydrogen-bond acceptors (Lipinski definition) is 3. The molecule has 1 fully saturated rings. The minimum Gasteiger partial charge on any atom is -0.379 e. The summed E-state index contributed by atoms with van der Waals surface area (Å²) in [6, 6.07) is 0. The molecule has 0 aliphatic carbocycles. The molecule has 1 aliphatic rings. The minimum atomic E-state index is 0.857. The van der Waals surface area contributed by atoms with E-state index in [2.05, 4.69) is 28.9 Å². The van der Waals surface area contributed by atoms with Crippen LogP contribution < -0.4 is 0 Å². The normalized spacial score (nSPS) is 18.7. The molecule has 78 valence electrons. The minimum absolute atomic E-state index is 0.857. The molecule has 2 rings (SSSR count). The molecule has 1 N–H and O–H groups in total. The van der Waals surface area contributed by atoms with E-state index in [0.717, 1.165) is 38.5 Å². The van der Waals surface area contributed by atoms with E-state index in [4.69, 9.17) is 4.74 Å². The molecule has 0 aromatic carbocycles. The first-order chi connectivity index (χ1) is 6.77. The number of H-pyrrole nitrogens is 1. The number of aromatic amines is 1. The van der Waals surface area contributed by atoms with Gasteiger partial charge in [0.15, 0.2) is 0 Å². The maximum Gasteiger partial charge on any atom is 0.0639 e. The number of nitrogens with one attached hydrogen (secondary N) is 1. The highest BCUT2D eigenvalue weighted by atomic mass is 16.5. The Hall–Kier alpha value is -0.870. The molecule has 0 bridgehead atoms. The first-order valence-electron chi connectivity index (χ1n) is 5.08. The monoisotopic (exact) mass is 195 g/mol. The van der Waals surface area contributed by atoms with Crippen LogP contribution in [-0.4, -0.2) is 41.4 Å². The van der Waals surface area contributed by atoms with Crippen LogP contribution in [0.25, 0.3) is 0 Å². The summed E-state index contributed by atoms with van der Waals surface area (Å²) in [5.74, 6) is 0. The van der Waals surface area contributed by atoms with Gasteiger partial charge in [-0.15, -0.1) is 0 Å². The van der Waals surface area contributed by atoms with E-state index >= 15 is 0 Å². The van der Waals surface area contributed by atoms with Crippen LogP contribution >= 0.6 is 0 Å². The van der Waals surface area contributed by atoms with Crippen molar-refractivity contribution in [3.63, 3.8) is 0 Å². The lowest BCUT2D eigenvalue weighted by Crippen LogP contribution is -2.35. The summed E-state index contributed by atoms with van der Waals surface area (Å²) >= 11 is 0. The molecule has 4 heteroatoms. The summed E-state index contributed by atoms with van der Waals surface area (Å²) in [5.41, 5.74) is 3.65. The van der Waals surface area contributed by atoms with E-state index in [-0.39, 0.29) is 0 Å². The lowest BCUT2D eigenvalue weighted by molar-refractivity contribution is 0.0340. The smallest absolute Gasteiger partial charge is 0.0639 e. The molecule has 1 aromatic rings. The van der Waals surface area contributed by atoms with Crippen LogP contribution in [0.2, 0.25) is 0 Å². The van der Waals surface area contributed by atoms with Gasteiger partial charge in [-0.1, -0.05) is 0 Å². The summed E-state index contributed by atoms with van der Waals surface area (Å²) in [6.45, 7) is 8.91. The van der Waals surface area contributed by atoms with Gasteiger partial charge >= 0.3 is 0 Å². The van der Waals surface area contributed by atoms with Crippen LogP contribution in [0.3, 0.4) is 0 Å². The van der Waals surface area contributed by atoms with E-state index in [0.29, 0.717) is 0 Å². The average molecular weight is 195 g/mol. The van der Waals surface area contributed by atoms with Crippen molar-refractivity contribution in [3.8, 4) is 0 Å². The van der Waals surface area contributed by atoms with Gasteiger partial charge in [0, 0.05) is 30.9 Å². The maximum atomic E-state index is 5.31. The summed E-state index contributed by atoms with van der Waals surface area (Å²) < 4.78 is 5.31. The molecule has 1 aromatic heterocycles. The van der Waals surface area contributed by atoms with Gasteiger partial charge in [0.2, 0.25) is 0 Å². The Kier molecular flexibility index (Phi) is 2.84. The van der Waals surface area contributed by atoms with Crippen LogP contribution in [0.5, 0.6) is 0 Å². The quantitative estimate of drug-likeness (QED) is 0.761. The second-order valence-corrected chi connectivity index (χ2v) is 3.80. The molecule has 1 saturated heterocycles. The van der Waals surface area contributed by atoms with Crippen molar-refractivity contribution in [2.45, 2.75) is 20.4 Å². The molecule has 0 saturated carbocycles. The van der Waals surface area contributed by atoms with Crippen LogP contribution in [0.15, 0.2) is 0 Å². The van der Waals surface area contributed by atoms with Crippen molar-refractivity contribution in [2.75, 3.05) is 26.3 Å². The number of morpholine rings is 1. The third-order valence-corrected chi connectivity index (χ3v) is 2.77. The number of hydrogen-bond donors (Lipinski definition) is 1. The molecule has 0 radical (unpaired) electrons. The lowest BCUT2D eigenvalue weighted by atomic mass is 10.2. The standard InChI is InChI=1S/C10H17N3O/c1-8-10(9(2)12-11-8)7-13-3-5-14-6-4-13/h3-7H2,1-2H3,(H,11,12). The van der Waals surface area contributed by atoms with Crippen LogP contribution in [-0.2, 0) is 11.3 Å². The number of rotatable bonds is 2. The third-order valence-electron chi connectivity index (χ3n) is 2.77. The van der Waals surface area contributed by atoms with Crippen molar-refractivity contribution >= 4 is 0 Å². The van der Waals surface area contributed by atoms with Gasteiger partial charge in [-0.3, -0.25) is 10.00 Å². The Balaban J connectivity index is 2.02. The van der Waals surface area contributed by atoms with Gasteiger partial charge in [-0.25, -0.2) is 0 Å². The molecule has 4 nitrogen and oxygen atoms in total. The second-order valence-electron chi connectivity index (χ2n) is 3.80. The summed E-state index contributed by atoms with van der Waals surface area (Å²) in [7, 11) is 0. The highest BCUT2D eigenvalue weighted by Crippen LogP contribution is 2.13. The predicted octanol–water partition coefficient (Wildman–Crippen LogP) is 0.859. The maximum absolute atomic E-state index is 5.31. The van der Waals surface area contributed by atoms with E-state index < -0.39 is 0 Å². The topological polar surface area (TPSA) is 41.2 Å². The van der Waals surface area contributed by atoms with Crippen LogP contribution in [0, 0.1) is 13.8 Å². The Bertz CT molecular complexity index is 283. The molecule has 0 atom stereocenters. The number of aromatic nitrogens is 2. The van der Waals surface area contributed by atoms with Gasteiger partial charge in [0.05, 0.1) is 18.9 Å². The number of ether oxygens (including phenoxy) is 1. The molecule has 1 aliphatic heterocycles. The van der Waals surface area contributed by atoms with E-state index in [1.54, 1.807) is 0 Å². The SMILES string of the molecule is Cc1n[nH]c(C)c1CN1CCOCC1. The third kappa shape index (κ3) is 1.96. The molecule has 0 unspecified atom stereocenters. The number of aryl methyl sites for hydroxylation is 2. The first kappa shape index (κ1) is 9.68. The van der Waals surface area contributed by atoms with Gasteiger partial charge < -0.3 is 4.74 Å². The second kappa shape index (κ2) is 4.11.